The second-order valence-electron chi connectivity index (χ2n) is 9.37. The van der Waals surface area contributed by atoms with Crippen LogP contribution < -0.4 is 9.62 Å². The van der Waals surface area contributed by atoms with Gasteiger partial charge in [-0.15, -0.1) is 0 Å². The van der Waals surface area contributed by atoms with Crippen molar-refractivity contribution in [2.75, 3.05) is 24.2 Å². The van der Waals surface area contributed by atoms with Crippen molar-refractivity contribution in [1.82, 2.24) is 10.2 Å². The Morgan fingerprint density at radius 3 is 2.08 bits per heavy atom. The van der Waals surface area contributed by atoms with Crippen molar-refractivity contribution in [1.29, 1.82) is 0 Å². The predicted octanol–water partition coefficient (Wildman–Crippen LogP) is 3.76. The van der Waals surface area contributed by atoms with Crippen LogP contribution in [0.25, 0.3) is 0 Å². The first-order valence-corrected chi connectivity index (χ1v) is 14.0. The molecule has 37 heavy (non-hydrogen) atoms. The summed E-state index contributed by atoms with van der Waals surface area (Å²) in [7, 11) is -2.25. The number of carbonyl (C=O) groups is 2. The summed E-state index contributed by atoms with van der Waals surface area (Å²) in [5.41, 5.74) is 5.17. The molecule has 3 aromatic rings. The molecule has 7 nitrogen and oxygen atoms in total. The number of benzene rings is 3. The summed E-state index contributed by atoms with van der Waals surface area (Å²) in [6, 6.07) is 21.6. The molecule has 0 radical (unpaired) electrons. The predicted molar refractivity (Wildman–Crippen MR) is 148 cm³/mol. The Kier molecular flexibility index (Phi) is 9.10. The summed E-state index contributed by atoms with van der Waals surface area (Å²) in [5.74, 6) is -0.782. The van der Waals surface area contributed by atoms with Gasteiger partial charge in [-0.3, -0.25) is 13.9 Å². The molecular formula is C29H35N3O4S. The minimum absolute atomic E-state index is 0.161. The third kappa shape index (κ3) is 7.43. The van der Waals surface area contributed by atoms with E-state index in [1.807, 2.05) is 81.4 Å². The fourth-order valence-electron chi connectivity index (χ4n) is 4.11. The van der Waals surface area contributed by atoms with Crippen LogP contribution in [0.4, 0.5) is 5.69 Å². The molecule has 3 aromatic carbocycles. The van der Waals surface area contributed by atoms with E-state index < -0.39 is 28.5 Å². The number of hydrogen-bond donors (Lipinski definition) is 1. The third-order valence-corrected chi connectivity index (χ3v) is 7.59. The van der Waals surface area contributed by atoms with E-state index in [1.54, 1.807) is 12.1 Å². The van der Waals surface area contributed by atoms with E-state index in [1.165, 1.54) is 11.9 Å². The number of nitrogens with one attached hydrogen (secondary N) is 1. The van der Waals surface area contributed by atoms with E-state index >= 15 is 0 Å². The van der Waals surface area contributed by atoms with Gasteiger partial charge in [-0.05, 0) is 55.2 Å². The number of amides is 2. The van der Waals surface area contributed by atoms with Crippen LogP contribution in [0.3, 0.4) is 0 Å². The van der Waals surface area contributed by atoms with Crippen molar-refractivity contribution < 1.29 is 18.0 Å². The summed E-state index contributed by atoms with van der Waals surface area (Å²) in [4.78, 5) is 28.5. The number of sulfonamides is 1. The van der Waals surface area contributed by atoms with E-state index in [-0.39, 0.29) is 12.5 Å². The van der Waals surface area contributed by atoms with Gasteiger partial charge in [0.1, 0.15) is 12.6 Å². The molecule has 0 saturated heterocycles. The zero-order chi connectivity index (χ0) is 27.2. The largest absolute Gasteiger partial charge is 0.357 e. The molecule has 0 fully saturated rings. The van der Waals surface area contributed by atoms with Crippen molar-refractivity contribution in [3.05, 3.63) is 101 Å². The van der Waals surface area contributed by atoms with Crippen LogP contribution in [0, 0.1) is 20.8 Å². The van der Waals surface area contributed by atoms with Gasteiger partial charge in [-0.2, -0.15) is 0 Å². The molecule has 0 spiro atoms. The van der Waals surface area contributed by atoms with Gasteiger partial charge in [-0.1, -0.05) is 66.2 Å². The number of likely N-dealkylation sites (N-methyl/N-ethyl adjacent to an activating group) is 1. The van der Waals surface area contributed by atoms with Crippen LogP contribution in [0.1, 0.15) is 27.8 Å². The average molecular weight is 522 g/mol. The maximum atomic E-state index is 13.9. The van der Waals surface area contributed by atoms with Crippen LogP contribution in [0.2, 0.25) is 0 Å². The highest BCUT2D eigenvalue weighted by molar-refractivity contribution is 7.92. The summed E-state index contributed by atoms with van der Waals surface area (Å²) in [6.45, 7) is 5.55. The van der Waals surface area contributed by atoms with Gasteiger partial charge in [0.2, 0.25) is 21.8 Å². The summed E-state index contributed by atoms with van der Waals surface area (Å²) in [5, 5.41) is 2.68. The molecule has 0 heterocycles. The lowest BCUT2D eigenvalue weighted by atomic mass is 10.0. The first-order valence-electron chi connectivity index (χ1n) is 12.1. The Balaban J connectivity index is 2.03. The van der Waals surface area contributed by atoms with Gasteiger partial charge in [-0.25, -0.2) is 8.42 Å². The minimum atomic E-state index is -3.78. The number of aryl methyl sites for hydroxylation is 3. The Hall–Kier alpha value is -3.65. The fraction of sp³-hybridized carbons (Fsp3) is 0.310. The van der Waals surface area contributed by atoms with Gasteiger partial charge in [0, 0.05) is 20.0 Å². The molecular weight excluding hydrogens is 486 g/mol. The van der Waals surface area contributed by atoms with Crippen molar-refractivity contribution in [2.24, 2.45) is 0 Å². The number of rotatable bonds is 10. The van der Waals surface area contributed by atoms with Gasteiger partial charge in [0.15, 0.2) is 0 Å². The number of carbonyl (C=O) groups excluding carboxylic acids is 2. The minimum Gasteiger partial charge on any atom is -0.357 e. The first-order chi connectivity index (χ1) is 17.5. The number of hydrogen-bond acceptors (Lipinski definition) is 4. The summed E-state index contributed by atoms with van der Waals surface area (Å²) in [6.07, 6.45) is 1.38. The van der Waals surface area contributed by atoms with Crippen molar-refractivity contribution in [3.63, 3.8) is 0 Å². The molecule has 1 atom stereocenters. The van der Waals surface area contributed by atoms with Crippen molar-refractivity contribution >= 4 is 27.5 Å². The average Bonchev–Trinajstić information content (AvgIpc) is 2.87. The Bertz CT molecular complexity index is 1340. The van der Waals surface area contributed by atoms with Crippen LogP contribution in [-0.4, -0.2) is 51.0 Å². The lowest BCUT2D eigenvalue weighted by molar-refractivity contribution is -0.139. The van der Waals surface area contributed by atoms with E-state index in [4.69, 9.17) is 0 Å². The lowest BCUT2D eigenvalue weighted by Gasteiger charge is -2.33. The van der Waals surface area contributed by atoms with Crippen LogP contribution >= 0.6 is 0 Å². The normalized spacial score (nSPS) is 12.0. The van der Waals surface area contributed by atoms with Crippen LogP contribution in [0.5, 0.6) is 0 Å². The van der Waals surface area contributed by atoms with E-state index in [9.17, 15) is 18.0 Å². The maximum absolute atomic E-state index is 13.9. The van der Waals surface area contributed by atoms with Crippen molar-refractivity contribution in [3.8, 4) is 0 Å². The highest BCUT2D eigenvalue weighted by Gasteiger charge is 2.32. The second-order valence-corrected chi connectivity index (χ2v) is 11.3. The number of nitrogens with zero attached hydrogens (tertiary/aromatic N) is 2. The Labute approximate surface area is 220 Å². The smallest absolute Gasteiger partial charge is 0.244 e. The lowest BCUT2D eigenvalue weighted by Crippen LogP contribution is -2.52. The monoisotopic (exact) mass is 521 g/mol. The number of anilines is 1. The molecule has 196 valence electrons. The summed E-state index contributed by atoms with van der Waals surface area (Å²) < 4.78 is 26.7. The molecule has 0 aliphatic heterocycles. The molecule has 3 rings (SSSR count). The quantitative estimate of drug-likeness (QED) is 0.440. The van der Waals surface area contributed by atoms with Gasteiger partial charge >= 0.3 is 0 Å². The molecule has 0 aliphatic rings. The Morgan fingerprint density at radius 1 is 0.865 bits per heavy atom. The molecule has 8 heteroatoms. The topological polar surface area (TPSA) is 86.8 Å². The highest BCUT2D eigenvalue weighted by atomic mass is 32.2. The Morgan fingerprint density at radius 2 is 1.51 bits per heavy atom. The summed E-state index contributed by atoms with van der Waals surface area (Å²) >= 11 is 0. The molecule has 1 unspecified atom stereocenters. The van der Waals surface area contributed by atoms with Gasteiger partial charge < -0.3 is 10.2 Å². The zero-order valence-corrected chi connectivity index (χ0v) is 22.9. The van der Waals surface area contributed by atoms with Crippen LogP contribution in [-0.2, 0) is 32.6 Å². The van der Waals surface area contributed by atoms with E-state index in [0.29, 0.717) is 12.1 Å². The van der Waals surface area contributed by atoms with E-state index in [2.05, 4.69) is 5.32 Å². The van der Waals surface area contributed by atoms with Crippen molar-refractivity contribution in [2.45, 2.75) is 39.8 Å². The van der Waals surface area contributed by atoms with E-state index in [0.717, 1.165) is 38.4 Å². The molecule has 1 N–H and O–H groups in total. The van der Waals surface area contributed by atoms with Gasteiger partial charge in [0.05, 0.1) is 11.9 Å². The molecule has 0 aromatic heterocycles. The molecule has 0 bridgehead atoms. The third-order valence-electron chi connectivity index (χ3n) is 6.45. The maximum Gasteiger partial charge on any atom is 0.244 e. The highest BCUT2D eigenvalue weighted by Crippen LogP contribution is 2.23. The second kappa shape index (κ2) is 12.1. The molecule has 0 saturated carbocycles. The first kappa shape index (κ1) is 27.9. The zero-order valence-electron chi connectivity index (χ0n) is 22.1. The SMILES string of the molecule is CNC(=O)C(Cc1ccccc1)N(Cc1ccc(C)cc1)C(=O)CN(c1ccc(C)c(C)c1)S(C)(=O)=O. The molecule has 2 amide bonds. The fourth-order valence-corrected chi connectivity index (χ4v) is 4.95. The van der Waals surface area contributed by atoms with Gasteiger partial charge in [0.25, 0.3) is 0 Å². The molecule has 0 aliphatic carbocycles. The van der Waals surface area contributed by atoms with Crippen LogP contribution in [0.15, 0.2) is 72.8 Å². The standard InChI is InChI=1S/C29H35N3O4S/c1-21-11-14-25(15-12-21)19-31(27(29(34)30-4)18-24-9-7-6-8-10-24)28(33)20-32(37(5,35)36)26-16-13-22(2)23(3)17-26/h6-17,27H,18-20H2,1-5H3,(H,30,34).